The van der Waals surface area contributed by atoms with Crippen LogP contribution in [0.4, 0.5) is 0 Å². The lowest BCUT2D eigenvalue weighted by atomic mass is 9.96. The molecule has 2 heteroatoms. The van der Waals surface area contributed by atoms with Gasteiger partial charge in [-0.3, -0.25) is 4.79 Å². The number of hydrogen-bond donors (Lipinski definition) is 0. The number of fused-ring (bicyclic) bond motifs is 3. The molecule has 18 heavy (non-hydrogen) atoms. The molecule has 90 valence electrons. The van der Waals surface area contributed by atoms with E-state index in [0.717, 1.165) is 16.7 Å². The van der Waals surface area contributed by atoms with E-state index < -0.39 is 0 Å². The fourth-order valence-corrected chi connectivity index (χ4v) is 2.81. The average Bonchev–Trinajstić information content (AvgIpc) is 2.73. The second kappa shape index (κ2) is 3.98. The zero-order valence-corrected chi connectivity index (χ0v) is 10.4. The predicted octanol–water partition coefficient (Wildman–Crippen LogP) is 3.28. The van der Waals surface area contributed by atoms with Gasteiger partial charge >= 0.3 is 5.97 Å². The van der Waals surface area contributed by atoms with E-state index in [-0.39, 0.29) is 11.9 Å². The lowest BCUT2D eigenvalue weighted by Crippen LogP contribution is -2.13. The molecule has 2 aromatic carbocycles. The van der Waals surface area contributed by atoms with Crippen LogP contribution < -0.4 is 0 Å². The first-order chi connectivity index (χ1) is 8.74. The van der Waals surface area contributed by atoms with E-state index in [1.54, 1.807) is 0 Å². The fraction of sp³-hybridized carbons (Fsp3) is 0.188. The lowest BCUT2D eigenvalue weighted by molar-refractivity contribution is -0.141. The SMILES string of the molecule is COC(=O)C1c2ccccc2-c2c(C)cccc21. The van der Waals surface area contributed by atoms with E-state index in [4.69, 9.17) is 4.74 Å². The first kappa shape index (κ1) is 11.0. The van der Waals surface area contributed by atoms with Crippen LogP contribution >= 0.6 is 0 Å². The van der Waals surface area contributed by atoms with Crippen molar-refractivity contribution in [1.82, 2.24) is 0 Å². The van der Waals surface area contributed by atoms with Gasteiger partial charge in [0.2, 0.25) is 0 Å². The van der Waals surface area contributed by atoms with Gasteiger partial charge < -0.3 is 4.74 Å². The number of esters is 1. The third-order valence-corrected chi connectivity index (χ3v) is 3.59. The summed E-state index contributed by atoms with van der Waals surface area (Å²) < 4.78 is 4.95. The van der Waals surface area contributed by atoms with Crippen LogP contribution in [0.1, 0.15) is 22.6 Å². The minimum atomic E-state index is -0.277. The number of ether oxygens (including phenoxy) is 1. The normalized spacial score (nSPS) is 16.0. The highest BCUT2D eigenvalue weighted by molar-refractivity contribution is 5.94. The molecular weight excluding hydrogens is 224 g/mol. The molecule has 2 nitrogen and oxygen atoms in total. The van der Waals surface area contributed by atoms with Crippen LogP contribution in [0.2, 0.25) is 0 Å². The lowest BCUT2D eigenvalue weighted by Gasteiger charge is -2.10. The van der Waals surface area contributed by atoms with Crippen molar-refractivity contribution in [3.05, 3.63) is 59.2 Å². The van der Waals surface area contributed by atoms with Gasteiger partial charge in [0.05, 0.1) is 7.11 Å². The second-order valence-electron chi connectivity index (χ2n) is 4.58. The zero-order chi connectivity index (χ0) is 12.7. The van der Waals surface area contributed by atoms with Crippen molar-refractivity contribution < 1.29 is 9.53 Å². The quantitative estimate of drug-likeness (QED) is 0.713. The van der Waals surface area contributed by atoms with Crippen molar-refractivity contribution in [3.63, 3.8) is 0 Å². The first-order valence-electron chi connectivity index (χ1n) is 6.00. The van der Waals surface area contributed by atoms with Gasteiger partial charge in [-0.05, 0) is 34.7 Å². The fourth-order valence-electron chi connectivity index (χ4n) is 2.81. The van der Waals surface area contributed by atoms with Gasteiger partial charge in [0.25, 0.3) is 0 Å². The number of aryl methyl sites for hydroxylation is 1. The highest BCUT2D eigenvalue weighted by Crippen LogP contribution is 2.46. The van der Waals surface area contributed by atoms with Crippen molar-refractivity contribution in [2.45, 2.75) is 12.8 Å². The molecular formula is C16H14O2. The first-order valence-corrected chi connectivity index (χ1v) is 6.00. The standard InChI is InChI=1S/C16H14O2/c1-10-6-5-9-13-14(10)11-7-3-4-8-12(11)15(13)16(17)18-2/h3-9,15H,1-2H3. The number of carbonyl (C=O) groups excluding carboxylic acids is 1. The summed E-state index contributed by atoms with van der Waals surface area (Å²) in [5, 5.41) is 0. The molecule has 0 fully saturated rings. The monoisotopic (exact) mass is 238 g/mol. The second-order valence-corrected chi connectivity index (χ2v) is 4.58. The van der Waals surface area contributed by atoms with E-state index in [2.05, 4.69) is 19.1 Å². The summed E-state index contributed by atoms with van der Waals surface area (Å²) in [6, 6.07) is 14.2. The maximum absolute atomic E-state index is 12.0. The summed E-state index contributed by atoms with van der Waals surface area (Å²) in [5.41, 5.74) is 5.65. The minimum absolute atomic E-state index is 0.188. The Labute approximate surface area is 106 Å². The number of carbonyl (C=O) groups is 1. The van der Waals surface area contributed by atoms with Gasteiger partial charge in [-0.1, -0.05) is 42.5 Å². The summed E-state index contributed by atoms with van der Waals surface area (Å²) in [4.78, 5) is 12.0. The Balaban J connectivity index is 2.32. The average molecular weight is 238 g/mol. The largest absolute Gasteiger partial charge is 0.468 e. The minimum Gasteiger partial charge on any atom is -0.468 e. The van der Waals surface area contributed by atoms with Crippen LogP contribution in [-0.4, -0.2) is 13.1 Å². The van der Waals surface area contributed by atoms with Crippen LogP contribution in [0.25, 0.3) is 11.1 Å². The molecule has 0 aromatic heterocycles. The highest BCUT2D eigenvalue weighted by atomic mass is 16.5. The number of methoxy groups -OCH3 is 1. The molecule has 1 unspecified atom stereocenters. The number of rotatable bonds is 1. The molecule has 0 bridgehead atoms. The van der Waals surface area contributed by atoms with E-state index in [9.17, 15) is 4.79 Å². The topological polar surface area (TPSA) is 26.3 Å². The smallest absolute Gasteiger partial charge is 0.317 e. The van der Waals surface area contributed by atoms with Gasteiger partial charge in [0.15, 0.2) is 0 Å². The van der Waals surface area contributed by atoms with Crippen molar-refractivity contribution in [2.75, 3.05) is 7.11 Å². The number of benzene rings is 2. The molecule has 2 aromatic rings. The van der Waals surface area contributed by atoms with Gasteiger partial charge in [0.1, 0.15) is 5.92 Å². The van der Waals surface area contributed by atoms with Crippen LogP contribution in [0.15, 0.2) is 42.5 Å². The van der Waals surface area contributed by atoms with E-state index in [1.165, 1.54) is 18.2 Å². The molecule has 0 radical (unpaired) electrons. The van der Waals surface area contributed by atoms with Crippen molar-refractivity contribution in [2.24, 2.45) is 0 Å². The van der Waals surface area contributed by atoms with Crippen molar-refractivity contribution >= 4 is 5.97 Å². The zero-order valence-electron chi connectivity index (χ0n) is 10.4. The number of hydrogen-bond acceptors (Lipinski definition) is 2. The van der Waals surface area contributed by atoms with Gasteiger partial charge in [0, 0.05) is 0 Å². The van der Waals surface area contributed by atoms with Gasteiger partial charge in [-0.15, -0.1) is 0 Å². The summed E-state index contributed by atoms with van der Waals surface area (Å²) in [5.74, 6) is -0.465. The summed E-state index contributed by atoms with van der Waals surface area (Å²) in [6.45, 7) is 2.08. The van der Waals surface area contributed by atoms with Gasteiger partial charge in [-0.2, -0.15) is 0 Å². The molecule has 0 aliphatic heterocycles. The van der Waals surface area contributed by atoms with E-state index >= 15 is 0 Å². The Morgan fingerprint density at radius 3 is 2.56 bits per heavy atom. The van der Waals surface area contributed by atoms with Crippen LogP contribution in [0.3, 0.4) is 0 Å². The summed E-state index contributed by atoms with van der Waals surface area (Å²) in [6.07, 6.45) is 0. The van der Waals surface area contributed by atoms with Crippen molar-refractivity contribution in [1.29, 1.82) is 0 Å². The van der Waals surface area contributed by atoms with Crippen LogP contribution in [0, 0.1) is 6.92 Å². The molecule has 0 saturated heterocycles. The Kier molecular flexibility index (Phi) is 2.44. The maximum atomic E-state index is 12.0. The molecule has 3 rings (SSSR count). The van der Waals surface area contributed by atoms with Gasteiger partial charge in [-0.25, -0.2) is 0 Å². The molecule has 0 N–H and O–H groups in total. The third-order valence-electron chi connectivity index (χ3n) is 3.59. The predicted molar refractivity (Wildman–Crippen MR) is 70.5 cm³/mol. The molecule has 1 aliphatic carbocycles. The molecule has 0 saturated carbocycles. The van der Waals surface area contributed by atoms with Crippen LogP contribution in [-0.2, 0) is 9.53 Å². The Morgan fingerprint density at radius 1 is 1.06 bits per heavy atom. The molecule has 0 amide bonds. The molecule has 1 aliphatic rings. The Hall–Kier alpha value is -2.09. The molecule has 1 atom stereocenters. The molecule has 0 heterocycles. The maximum Gasteiger partial charge on any atom is 0.317 e. The Bertz CT molecular complexity index is 629. The third kappa shape index (κ3) is 1.39. The highest BCUT2D eigenvalue weighted by Gasteiger charge is 2.34. The summed E-state index contributed by atoms with van der Waals surface area (Å²) >= 11 is 0. The van der Waals surface area contributed by atoms with Crippen LogP contribution in [0.5, 0.6) is 0 Å². The molecule has 0 spiro atoms. The van der Waals surface area contributed by atoms with E-state index in [0.29, 0.717) is 0 Å². The Morgan fingerprint density at radius 2 is 1.78 bits per heavy atom. The van der Waals surface area contributed by atoms with E-state index in [1.807, 2.05) is 30.3 Å². The van der Waals surface area contributed by atoms with Crippen molar-refractivity contribution in [3.8, 4) is 11.1 Å². The summed E-state index contributed by atoms with van der Waals surface area (Å²) in [7, 11) is 1.44.